The van der Waals surface area contributed by atoms with E-state index in [9.17, 15) is 4.21 Å². The van der Waals surface area contributed by atoms with Crippen LogP contribution in [0.5, 0.6) is 0 Å². The zero-order chi connectivity index (χ0) is 7.98. The van der Waals surface area contributed by atoms with E-state index in [1.165, 1.54) is 6.42 Å². The lowest BCUT2D eigenvalue weighted by Gasteiger charge is -2.08. The van der Waals surface area contributed by atoms with E-state index in [4.69, 9.17) is 0 Å². The molecule has 62 valence electrons. The summed E-state index contributed by atoms with van der Waals surface area (Å²) in [6.07, 6.45) is 4.04. The molecule has 3 heteroatoms. The fourth-order valence-electron chi connectivity index (χ4n) is 0.723. The maximum atomic E-state index is 10.7. The molecule has 1 nitrogen and oxygen atoms in total. The number of halogens is 1. The van der Waals surface area contributed by atoms with Crippen LogP contribution >= 0.6 is 15.9 Å². The molecule has 0 aliphatic carbocycles. The van der Waals surface area contributed by atoms with Gasteiger partial charge in [-0.3, -0.25) is 4.21 Å². The Kier molecular flexibility index (Phi) is 6.75. The van der Waals surface area contributed by atoms with Gasteiger partial charge >= 0.3 is 0 Å². The Labute approximate surface area is 74.2 Å². The van der Waals surface area contributed by atoms with Gasteiger partial charge < -0.3 is 0 Å². The molecular formula is C7H15BrOS. The van der Waals surface area contributed by atoms with E-state index in [0.717, 1.165) is 17.5 Å². The van der Waals surface area contributed by atoms with Crippen LogP contribution in [0, 0.1) is 5.92 Å². The lowest BCUT2D eigenvalue weighted by atomic mass is 10.1. The topological polar surface area (TPSA) is 17.1 Å². The molecule has 0 aliphatic rings. The van der Waals surface area contributed by atoms with E-state index < -0.39 is 10.8 Å². The second kappa shape index (κ2) is 6.35. The monoisotopic (exact) mass is 226 g/mol. The molecule has 0 aliphatic heterocycles. The van der Waals surface area contributed by atoms with Gasteiger partial charge in [-0.15, -0.1) is 0 Å². The Bertz CT molecular complexity index is 102. The quantitative estimate of drug-likeness (QED) is 0.658. The van der Waals surface area contributed by atoms with Gasteiger partial charge in [-0.2, -0.15) is 0 Å². The fraction of sp³-hybridized carbons (Fsp3) is 1.00. The van der Waals surface area contributed by atoms with Crippen molar-refractivity contribution in [2.24, 2.45) is 5.92 Å². The summed E-state index contributed by atoms with van der Waals surface area (Å²) in [5.41, 5.74) is 0. The van der Waals surface area contributed by atoms with Gasteiger partial charge in [0, 0.05) is 28.1 Å². The Balaban J connectivity index is 3.34. The molecule has 0 heterocycles. The number of alkyl halides is 1. The van der Waals surface area contributed by atoms with E-state index in [-0.39, 0.29) is 0 Å². The molecular weight excluding hydrogens is 212 g/mol. The van der Waals surface area contributed by atoms with Gasteiger partial charge in [-0.1, -0.05) is 29.3 Å². The highest BCUT2D eigenvalue weighted by Crippen LogP contribution is 2.11. The van der Waals surface area contributed by atoms with Crippen molar-refractivity contribution in [1.82, 2.24) is 0 Å². The van der Waals surface area contributed by atoms with Gasteiger partial charge in [0.2, 0.25) is 0 Å². The van der Waals surface area contributed by atoms with E-state index in [0.29, 0.717) is 5.92 Å². The molecule has 2 atom stereocenters. The molecule has 0 aromatic rings. The summed E-state index contributed by atoms with van der Waals surface area (Å²) in [5.74, 6) is 1.56. The number of rotatable bonds is 5. The van der Waals surface area contributed by atoms with E-state index >= 15 is 0 Å². The minimum absolute atomic E-state index is 0.610. The van der Waals surface area contributed by atoms with Crippen molar-refractivity contribution in [3.63, 3.8) is 0 Å². The highest BCUT2D eigenvalue weighted by molar-refractivity contribution is 9.09. The van der Waals surface area contributed by atoms with Gasteiger partial charge in [0.1, 0.15) is 0 Å². The molecule has 0 aromatic carbocycles. The maximum absolute atomic E-state index is 10.7. The molecule has 0 fully saturated rings. The van der Waals surface area contributed by atoms with E-state index in [1.54, 1.807) is 6.26 Å². The molecule has 0 saturated carbocycles. The molecule has 0 saturated heterocycles. The zero-order valence-corrected chi connectivity index (χ0v) is 9.00. The highest BCUT2D eigenvalue weighted by atomic mass is 79.9. The van der Waals surface area contributed by atoms with Crippen LogP contribution < -0.4 is 0 Å². The van der Waals surface area contributed by atoms with E-state index in [1.807, 2.05) is 0 Å². The zero-order valence-electron chi connectivity index (χ0n) is 6.60. The highest BCUT2D eigenvalue weighted by Gasteiger charge is 2.04. The molecule has 0 aromatic heterocycles. The summed E-state index contributed by atoms with van der Waals surface area (Å²) in [4.78, 5) is 0. The lowest BCUT2D eigenvalue weighted by molar-refractivity contribution is 0.557. The normalized spacial score (nSPS) is 16.7. The van der Waals surface area contributed by atoms with Crippen molar-refractivity contribution in [1.29, 1.82) is 0 Å². The van der Waals surface area contributed by atoms with Crippen LogP contribution in [-0.4, -0.2) is 21.5 Å². The summed E-state index contributed by atoms with van der Waals surface area (Å²) in [6.45, 7) is 2.17. The first-order chi connectivity index (χ1) is 4.70. The first-order valence-corrected chi connectivity index (χ1v) is 6.41. The Morgan fingerprint density at radius 3 is 2.50 bits per heavy atom. The van der Waals surface area contributed by atoms with Gasteiger partial charge in [-0.25, -0.2) is 0 Å². The van der Waals surface area contributed by atoms with Crippen molar-refractivity contribution in [3.8, 4) is 0 Å². The molecule has 0 N–H and O–H groups in total. The first-order valence-electron chi connectivity index (χ1n) is 3.56. The van der Waals surface area contributed by atoms with Crippen molar-refractivity contribution in [3.05, 3.63) is 0 Å². The standard InChI is InChI=1S/C7H15BrOS/c1-3-7(6-8)4-5-10(2)9/h7H,3-6H2,1-2H3. The second-order valence-corrected chi connectivity index (χ2v) is 4.70. The molecule has 0 bridgehead atoms. The average molecular weight is 227 g/mol. The third kappa shape index (κ3) is 5.42. The van der Waals surface area contributed by atoms with Crippen molar-refractivity contribution < 1.29 is 4.21 Å². The van der Waals surface area contributed by atoms with Crippen LogP contribution in [-0.2, 0) is 10.8 Å². The molecule has 10 heavy (non-hydrogen) atoms. The largest absolute Gasteiger partial charge is 0.260 e. The number of hydrogen-bond acceptors (Lipinski definition) is 1. The SMILES string of the molecule is CCC(CBr)CCS(C)=O. The predicted molar refractivity (Wildman–Crippen MR) is 51.1 cm³/mol. The molecule has 0 radical (unpaired) electrons. The number of hydrogen-bond donors (Lipinski definition) is 0. The molecule has 0 rings (SSSR count). The Morgan fingerprint density at radius 1 is 1.60 bits per heavy atom. The van der Waals surface area contributed by atoms with Crippen LogP contribution in [0.2, 0.25) is 0 Å². The predicted octanol–water partition coefficient (Wildman–Crippen LogP) is 2.18. The minimum atomic E-state index is -0.610. The first kappa shape index (κ1) is 10.6. The van der Waals surface area contributed by atoms with Crippen LogP contribution in [0.3, 0.4) is 0 Å². The lowest BCUT2D eigenvalue weighted by Crippen LogP contribution is -2.05. The Hall–Kier alpha value is 0.630. The molecule has 2 unspecified atom stereocenters. The van der Waals surface area contributed by atoms with Crippen LogP contribution in [0.1, 0.15) is 19.8 Å². The van der Waals surface area contributed by atoms with Crippen molar-refractivity contribution in [2.75, 3.05) is 17.3 Å². The summed E-state index contributed by atoms with van der Waals surface area (Å²) in [6, 6.07) is 0. The fourth-order valence-corrected chi connectivity index (χ4v) is 2.17. The van der Waals surface area contributed by atoms with Crippen LogP contribution in [0.15, 0.2) is 0 Å². The second-order valence-electron chi connectivity index (χ2n) is 2.49. The third-order valence-electron chi connectivity index (χ3n) is 1.61. The minimum Gasteiger partial charge on any atom is -0.260 e. The summed E-state index contributed by atoms with van der Waals surface area (Å²) >= 11 is 3.43. The average Bonchev–Trinajstić information content (AvgIpc) is 1.90. The smallest absolute Gasteiger partial charge is 0.0234 e. The van der Waals surface area contributed by atoms with Gasteiger partial charge in [0.15, 0.2) is 0 Å². The van der Waals surface area contributed by atoms with Gasteiger partial charge in [0.25, 0.3) is 0 Å². The summed E-state index contributed by atoms with van der Waals surface area (Å²) < 4.78 is 10.7. The Morgan fingerprint density at radius 2 is 2.20 bits per heavy atom. The van der Waals surface area contributed by atoms with Gasteiger partial charge in [0.05, 0.1) is 0 Å². The van der Waals surface area contributed by atoms with Crippen LogP contribution in [0.25, 0.3) is 0 Å². The van der Waals surface area contributed by atoms with E-state index in [2.05, 4.69) is 22.9 Å². The summed E-state index contributed by atoms with van der Waals surface area (Å²) in [7, 11) is -0.610. The molecule has 0 amide bonds. The van der Waals surface area contributed by atoms with Crippen molar-refractivity contribution in [2.45, 2.75) is 19.8 Å². The van der Waals surface area contributed by atoms with Crippen LogP contribution in [0.4, 0.5) is 0 Å². The maximum Gasteiger partial charge on any atom is 0.0234 e. The molecule has 0 spiro atoms. The van der Waals surface area contributed by atoms with Crippen molar-refractivity contribution >= 4 is 26.7 Å². The summed E-state index contributed by atoms with van der Waals surface area (Å²) in [5, 5.41) is 1.04. The third-order valence-corrected chi connectivity index (χ3v) is 3.34. The van der Waals surface area contributed by atoms with Gasteiger partial charge in [-0.05, 0) is 12.3 Å².